The first kappa shape index (κ1) is 13.1. The van der Waals surface area contributed by atoms with E-state index in [0.717, 1.165) is 11.8 Å². The average Bonchev–Trinajstić information content (AvgIpc) is 3.13. The van der Waals surface area contributed by atoms with E-state index in [1.807, 2.05) is 7.11 Å². The zero-order chi connectivity index (χ0) is 15.3. The molecule has 23 heavy (non-hydrogen) atoms. The number of ether oxygens (including phenoxy) is 1. The van der Waals surface area contributed by atoms with Crippen molar-refractivity contribution >= 4 is 5.69 Å². The maximum absolute atomic E-state index is 5.73. The standard InChI is InChI=1S/C20H26N2O/c1-23-15-5-2-4-14-16(15)21-19-9-7-18(8-10-19)6-3-12-22-13-11-20(14,19)17(18)22/h2,4-5,17,21H,3,6-13H2,1H3/t17-,18?,19?,20+/m1/s1. The number of anilines is 1. The van der Waals surface area contributed by atoms with Crippen molar-refractivity contribution in [2.45, 2.75) is 61.9 Å². The quantitative estimate of drug-likeness (QED) is 0.858. The highest BCUT2D eigenvalue weighted by atomic mass is 16.5. The molecule has 7 rings (SSSR count). The molecule has 3 aliphatic carbocycles. The Hall–Kier alpha value is -1.22. The van der Waals surface area contributed by atoms with Gasteiger partial charge in [-0.15, -0.1) is 0 Å². The molecular formula is C20H26N2O. The Bertz CT molecular complexity index is 691. The number of nitrogens with one attached hydrogen (secondary N) is 1. The van der Waals surface area contributed by atoms with Crippen molar-refractivity contribution in [2.75, 3.05) is 25.5 Å². The largest absolute Gasteiger partial charge is 0.495 e. The predicted octanol–water partition coefficient (Wildman–Crippen LogP) is 3.54. The SMILES string of the molecule is COc1cccc2c1NC13CCC4(CCCN5CC[C@@]21[C@H]54)CC3. The summed E-state index contributed by atoms with van der Waals surface area (Å²) >= 11 is 0. The number of nitrogens with zero attached hydrogens (tertiary/aromatic N) is 1. The average molecular weight is 310 g/mol. The fraction of sp³-hybridized carbons (Fsp3) is 0.700. The van der Waals surface area contributed by atoms with Crippen LogP contribution in [0.3, 0.4) is 0 Å². The van der Waals surface area contributed by atoms with Gasteiger partial charge in [-0.2, -0.15) is 0 Å². The fourth-order valence-corrected chi connectivity index (χ4v) is 7.68. The molecule has 3 aliphatic heterocycles. The second-order valence-electron chi connectivity index (χ2n) is 8.72. The topological polar surface area (TPSA) is 24.5 Å². The molecule has 3 heteroatoms. The Balaban J connectivity index is 1.64. The molecule has 6 aliphatic rings. The molecule has 1 N–H and O–H groups in total. The summed E-state index contributed by atoms with van der Waals surface area (Å²) in [6, 6.07) is 7.53. The summed E-state index contributed by atoms with van der Waals surface area (Å²) in [5.74, 6) is 1.05. The van der Waals surface area contributed by atoms with Crippen LogP contribution in [0.1, 0.15) is 50.5 Å². The van der Waals surface area contributed by atoms with Crippen molar-refractivity contribution in [3.8, 4) is 5.75 Å². The molecule has 1 aromatic rings. The first-order valence-corrected chi connectivity index (χ1v) is 9.45. The van der Waals surface area contributed by atoms with Gasteiger partial charge in [-0.3, -0.25) is 4.90 Å². The highest BCUT2D eigenvalue weighted by Crippen LogP contribution is 2.73. The van der Waals surface area contributed by atoms with E-state index in [9.17, 15) is 0 Å². The fourth-order valence-electron chi connectivity index (χ4n) is 7.68. The van der Waals surface area contributed by atoms with E-state index < -0.39 is 0 Å². The number of benzene rings is 1. The maximum atomic E-state index is 5.73. The number of hydrogen-bond donors (Lipinski definition) is 1. The van der Waals surface area contributed by atoms with Crippen LogP contribution in [0.2, 0.25) is 0 Å². The van der Waals surface area contributed by atoms with Crippen molar-refractivity contribution in [3.05, 3.63) is 23.8 Å². The van der Waals surface area contributed by atoms with Gasteiger partial charge in [0.25, 0.3) is 0 Å². The Labute approximate surface area is 138 Å². The molecule has 122 valence electrons. The second kappa shape index (κ2) is 3.88. The zero-order valence-corrected chi connectivity index (χ0v) is 14.0. The van der Waals surface area contributed by atoms with Crippen LogP contribution in [-0.4, -0.2) is 36.7 Å². The molecule has 2 bridgehead atoms. The molecule has 0 amide bonds. The second-order valence-corrected chi connectivity index (χ2v) is 8.72. The Kier molecular flexibility index (Phi) is 2.21. The van der Waals surface area contributed by atoms with E-state index >= 15 is 0 Å². The van der Waals surface area contributed by atoms with E-state index in [-0.39, 0.29) is 0 Å². The first-order chi connectivity index (χ1) is 11.2. The summed E-state index contributed by atoms with van der Waals surface area (Å²) in [6.45, 7) is 2.62. The van der Waals surface area contributed by atoms with Gasteiger partial charge in [0.2, 0.25) is 0 Å². The normalized spacial score (nSPS) is 46.0. The molecule has 2 saturated heterocycles. The molecule has 3 saturated carbocycles. The van der Waals surface area contributed by atoms with Gasteiger partial charge in [-0.05, 0) is 75.1 Å². The monoisotopic (exact) mass is 310 g/mol. The van der Waals surface area contributed by atoms with Gasteiger partial charge in [0.15, 0.2) is 0 Å². The third kappa shape index (κ3) is 1.21. The Morgan fingerprint density at radius 2 is 1.96 bits per heavy atom. The van der Waals surface area contributed by atoms with Crippen LogP contribution in [0.5, 0.6) is 5.75 Å². The number of hydrogen-bond acceptors (Lipinski definition) is 3. The first-order valence-electron chi connectivity index (χ1n) is 9.45. The van der Waals surface area contributed by atoms with E-state index in [1.54, 1.807) is 5.56 Å². The summed E-state index contributed by atoms with van der Waals surface area (Å²) in [6.07, 6.45) is 9.79. The van der Waals surface area contributed by atoms with Gasteiger partial charge in [0.1, 0.15) is 5.75 Å². The van der Waals surface area contributed by atoms with Gasteiger partial charge in [0, 0.05) is 17.0 Å². The van der Waals surface area contributed by atoms with E-state index in [4.69, 9.17) is 4.74 Å². The third-order valence-electron chi connectivity index (χ3n) is 8.37. The maximum Gasteiger partial charge on any atom is 0.142 e. The molecular weight excluding hydrogens is 284 g/mol. The lowest BCUT2D eigenvalue weighted by Gasteiger charge is -2.67. The molecule has 0 unspecified atom stereocenters. The summed E-state index contributed by atoms with van der Waals surface area (Å²) in [5, 5.41) is 4.05. The summed E-state index contributed by atoms with van der Waals surface area (Å²) in [5.41, 5.74) is 4.13. The molecule has 3 spiro atoms. The highest BCUT2D eigenvalue weighted by Gasteiger charge is 2.75. The summed E-state index contributed by atoms with van der Waals surface area (Å²) in [7, 11) is 1.81. The van der Waals surface area contributed by atoms with Gasteiger partial charge in [-0.1, -0.05) is 12.1 Å². The number of rotatable bonds is 1. The van der Waals surface area contributed by atoms with Crippen LogP contribution in [-0.2, 0) is 5.41 Å². The van der Waals surface area contributed by atoms with Crippen LogP contribution < -0.4 is 10.1 Å². The van der Waals surface area contributed by atoms with Crippen LogP contribution in [0.15, 0.2) is 18.2 Å². The Morgan fingerprint density at radius 1 is 1.09 bits per heavy atom. The number of methoxy groups -OCH3 is 1. The van der Waals surface area contributed by atoms with Crippen LogP contribution >= 0.6 is 0 Å². The van der Waals surface area contributed by atoms with Crippen molar-refractivity contribution in [2.24, 2.45) is 5.41 Å². The van der Waals surface area contributed by atoms with Crippen molar-refractivity contribution in [1.29, 1.82) is 0 Å². The van der Waals surface area contributed by atoms with Crippen LogP contribution in [0.25, 0.3) is 0 Å². The van der Waals surface area contributed by atoms with E-state index in [2.05, 4.69) is 28.4 Å². The highest BCUT2D eigenvalue weighted by molar-refractivity contribution is 5.74. The summed E-state index contributed by atoms with van der Waals surface area (Å²) < 4.78 is 5.73. The van der Waals surface area contributed by atoms with Crippen molar-refractivity contribution in [3.63, 3.8) is 0 Å². The zero-order valence-electron chi connectivity index (χ0n) is 14.0. The minimum absolute atomic E-state index is 0.294. The molecule has 0 aromatic heterocycles. The lowest BCUT2D eigenvalue weighted by molar-refractivity contribution is -0.0987. The van der Waals surface area contributed by atoms with Crippen molar-refractivity contribution in [1.82, 2.24) is 4.90 Å². The Morgan fingerprint density at radius 3 is 2.78 bits per heavy atom. The number of fused-ring (bicyclic) bond motifs is 3. The molecule has 3 heterocycles. The van der Waals surface area contributed by atoms with Gasteiger partial charge in [0.05, 0.1) is 12.8 Å². The van der Waals surface area contributed by atoms with E-state index in [1.165, 1.54) is 63.7 Å². The van der Waals surface area contributed by atoms with Gasteiger partial charge < -0.3 is 10.1 Å². The van der Waals surface area contributed by atoms with Crippen LogP contribution in [0, 0.1) is 5.41 Å². The predicted molar refractivity (Wildman–Crippen MR) is 91.1 cm³/mol. The molecule has 1 aromatic carbocycles. The minimum Gasteiger partial charge on any atom is -0.495 e. The smallest absolute Gasteiger partial charge is 0.142 e. The number of para-hydroxylation sites is 1. The van der Waals surface area contributed by atoms with Gasteiger partial charge >= 0.3 is 0 Å². The molecule has 5 fully saturated rings. The van der Waals surface area contributed by atoms with Crippen molar-refractivity contribution < 1.29 is 4.74 Å². The lowest BCUT2D eigenvalue weighted by atomic mass is 9.42. The number of piperidine rings is 1. The van der Waals surface area contributed by atoms with Gasteiger partial charge in [-0.25, -0.2) is 0 Å². The lowest BCUT2D eigenvalue weighted by Crippen LogP contribution is -2.72. The molecule has 0 radical (unpaired) electrons. The third-order valence-corrected chi connectivity index (χ3v) is 8.37. The molecule has 2 atom stereocenters. The minimum atomic E-state index is 0.294. The van der Waals surface area contributed by atoms with E-state index in [0.29, 0.717) is 16.4 Å². The molecule has 3 nitrogen and oxygen atoms in total. The summed E-state index contributed by atoms with van der Waals surface area (Å²) in [4.78, 5) is 2.87. The van der Waals surface area contributed by atoms with Crippen LogP contribution in [0.4, 0.5) is 5.69 Å².